The van der Waals surface area contributed by atoms with E-state index in [1.165, 1.54) is 10.6 Å². The van der Waals surface area contributed by atoms with Gasteiger partial charge in [-0.05, 0) is 31.7 Å². The lowest BCUT2D eigenvalue weighted by atomic mass is 10.1. The Morgan fingerprint density at radius 2 is 2.00 bits per heavy atom. The third-order valence-corrected chi connectivity index (χ3v) is 7.04. The average molecular weight is 417 g/mol. The second-order valence-corrected chi connectivity index (χ2v) is 9.84. The van der Waals surface area contributed by atoms with Gasteiger partial charge in [0.2, 0.25) is 16.0 Å². The van der Waals surface area contributed by atoms with E-state index in [0.29, 0.717) is 30.1 Å². The van der Waals surface area contributed by atoms with Crippen molar-refractivity contribution >= 4 is 27.0 Å². The van der Waals surface area contributed by atoms with Crippen molar-refractivity contribution < 1.29 is 8.42 Å². The molecule has 0 unspecified atom stereocenters. The zero-order chi connectivity index (χ0) is 20.6. The van der Waals surface area contributed by atoms with Crippen LogP contribution >= 0.6 is 0 Å². The van der Waals surface area contributed by atoms with Gasteiger partial charge in [0.05, 0.1) is 6.26 Å². The molecule has 2 fully saturated rings. The number of fused-ring (bicyclic) bond motifs is 1. The molecule has 154 valence electrons. The van der Waals surface area contributed by atoms with E-state index >= 15 is 0 Å². The summed E-state index contributed by atoms with van der Waals surface area (Å²) in [6.07, 6.45) is 8.30. The summed E-state index contributed by atoms with van der Waals surface area (Å²) in [5, 5.41) is 13.2. The molecule has 4 rings (SSSR count). The molecule has 9 nitrogen and oxygen atoms in total. The molecule has 1 aliphatic heterocycles. The number of pyridine rings is 1. The van der Waals surface area contributed by atoms with Gasteiger partial charge < -0.3 is 5.32 Å². The van der Waals surface area contributed by atoms with Crippen molar-refractivity contribution in [2.24, 2.45) is 0 Å². The lowest BCUT2D eigenvalue weighted by Crippen LogP contribution is -2.44. The fourth-order valence-corrected chi connectivity index (χ4v) is 5.23. The SMILES string of the molecule is CS(=O)(=O)N1CCC[C@H](Nc2ncc3cc(C#N)c(=O)n(C4CCCC4)c3n2)C1. The topological polar surface area (TPSA) is 121 Å². The number of rotatable bonds is 4. The van der Waals surface area contributed by atoms with Gasteiger partial charge in [0.1, 0.15) is 17.3 Å². The monoisotopic (exact) mass is 416 g/mol. The number of nitriles is 1. The summed E-state index contributed by atoms with van der Waals surface area (Å²) in [6, 6.07) is 3.47. The van der Waals surface area contributed by atoms with Gasteiger partial charge in [0, 0.05) is 36.8 Å². The summed E-state index contributed by atoms with van der Waals surface area (Å²) in [6.45, 7) is 0.886. The Balaban J connectivity index is 1.69. The highest BCUT2D eigenvalue weighted by Gasteiger charge is 2.27. The van der Waals surface area contributed by atoms with Crippen molar-refractivity contribution in [1.82, 2.24) is 18.8 Å². The minimum Gasteiger partial charge on any atom is -0.350 e. The molecule has 0 aromatic carbocycles. The molecule has 29 heavy (non-hydrogen) atoms. The lowest BCUT2D eigenvalue weighted by molar-refractivity contribution is 0.328. The minimum atomic E-state index is -3.24. The van der Waals surface area contributed by atoms with E-state index in [9.17, 15) is 18.5 Å². The van der Waals surface area contributed by atoms with E-state index in [4.69, 9.17) is 0 Å². The molecule has 1 atom stereocenters. The number of aromatic nitrogens is 3. The van der Waals surface area contributed by atoms with Crippen LogP contribution in [0, 0.1) is 11.3 Å². The number of hydrogen-bond donors (Lipinski definition) is 1. The molecule has 3 heterocycles. The first-order valence-corrected chi connectivity index (χ1v) is 11.8. The number of anilines is 1. The third kappa shape index (κ3) is 3.97. The zero-order valence-electron chi connectivity index (χ0n) is 16.3. The van der Waals surface area contributed by atoms with Crippen LogP contribution in [0.25, 0.3) is 11.0 Å². The van der Waals surface area contributed by atoms with Crippen LogP contribution in [0.1, 0.15) is 50.1 Å². The predicted molar refractivity (Wildman–Crippen MR) is 109 cm³/mol. The Hall–Kier alpha value is -2.51. The van der Waals surface area contributed by atoms with Crippen LogP contribution in [0.2, 0.25) is 0 Å². The minimum absolute atomic E-state index is 0.0384. The van der Waals surface area contributed by atoms with Crippen molar-refractivity contribution in [2.75, 3.05) is 24.7 Å². The summed E-state index contributed by atoms with van der Waals surface area (Å²) in [5.74, 6) is 0.369. The van der Waals surface area contributed by atoms with Crippen LogP contribution in [0.5, 0.6) is 0 Å². The largest absolute Gasteiger partial charge is 0.350 e. The van der Waals surface area contributed by atoms with E-state index in [1.54, 1.807) is 16.8 Å². The molecule has 0 bridgehead atoms. The second-order valence-electron chi connectivity index (χ2n) is 7.86. The number of sulfonamides is 1. The highest BCUT2D eigenvalue weighted by molar-refractivity contribution is 7.88. The van der Waals surface area contributed by atoms with Crippen molar-refractivity contribution in [3.8, 4) is 6.07 Å². The predicted octanol–water partition coefficient (Wildman–Crippen LogP) is 1.61. The Kier molecular flexibility index (Phi) is 5.27. The van der Waals surface area contributed by atoms with E-state index in [2.05, 4.69) is 15.3 Å². The maximum absolute atomic E-state index is 12.8. The van der Waals surface area contributed by atoms with Gasteiger partial charge in [-0.3, -0.25) is 9.36 Å². The summed E-state index contributed by atoms with van der Waals surface area (Å²) in [7, 11) is -3.24. The molecular weight excluding hydrogens is 392 g/mol. The third-order valence-electron chi connectivity index (χ3n) is 5.77. The molecule has 2 aromatic heterocycles. The van der Waals surface area contributed by atoms with Gasteiger partial charge in [-0.15, -0.1) is 0 Å². The first-order chi connectivity index (χ1) is 13.9. The molecule has 1 N–H and O–H groups in total. The Morgan fingerprint density at radius 1 is 1.24 bits per heavy atom. The van der Waals surface area contributed by atoms with Crippen molar-refractivity contribution in [3.05, 3.63) is 28.2 Å². The number of nitrogens with one attached hydrogen (secondary N) is 1. The standard InChI is InChI=1S/C19H24N6O3S/c1-29(27,28)24-8-4-5-15(12-24)22-19-21-11-14-9-13(10-20)18(26)25(17(14)23-19)16-6-2-3-7-16/h9,11,15-16H,2-8,12H2,1H3,(H,21,22,23)/t15-/m0/s1. The van der Waals surface area contributed by atoms with Gasteiger partial charge in [-0.1, -0.05) is 12.8 Å². The molecule has 10 heteroatoms. The number of nitrogens with zero attached hydrogens (tertiary/aromatic N) is 5. The molecule has 2 aromatic rings. The normalized spacial score (nSPS) is 21.3. The average Bonchev–Trinajstić information content (AvgIpc) is 3.21. The summed E-state index contributed by atoms with van der Waals surface area (Å²) < 4.78 is 26.8. The maximum Gasteiger partial charge on any atom is 0.270 e. The first-order valence-electron chi connectivity index (χ1n) is 9.91. The van der Waals surface area contributed by atoms with Crippen molar-refractivity contribution in [1.29, 1.82) is 5.26 Å². The molecule has 0 spiro atoms. The van der Waals surface area contributed by atoms with Crippen LogP contribution in [-0.4, -0.2) is 52.6 Å². The quantitative estimate of drug-likeness (QED) is 0.804. The first kappa shape index (κ1) is 19.8. The van der Waals surface area contributed by atoms with Crippen molar-refractivity contribution in [2.45, 2.75) is 50.6 Å². The summed E-state index contributed by atoms with van der Waals surface area (Å²) >= 11 is 0. The summed E-state index contributed by atoms with van der Waals surface area (Å²) in [5.41, 5.74) is 0.316. The van der Waals surface area contributed by atoms with Gasteiger partial charge >= 0.3 is 0 Å². The molecule has 0 radical (unpaired) electrons. The highest BCUT2D eigenvalue weighted by Crippen LogP contribution is 2.30. The van der Waals surface area contributed by atoms with E-state index < -0.39 is 10.0 Å². The smallest absolute Gasteiger partial charge is 0.270 e. The van der Waals surface area contributed by atoms with Crippen LogP contribution < -0.4 is 10.9 Å². The highest BCUT2D eigenvalue weighted by atomic mass is 32.2. The van der Waals surface area contributed by atoms with Crippen molar-refractivity contribution in [3.63, 3.8) is 0 Å². The Bertz CT molecular complexity index is 1130. The van der Waals surface area contributed by atoms with E-state index in [1.807, 2.05) is 6.07 Å². The van der Waals surface area contributed by atoms with Gasteiger partial charge in [0.15, 0.2) is 0 Å². The lowest BCUT2D eigenvalue weighted by Gasteiger charge is -2.31. The van der Waals surface area contributed by atoms with Crippen LogP contribution in [0.3, 0.4) is 0 Å². The Labute approximate surface area is 169 Å². The number of hydrogen-bond acceptors (Lipinski definition) is 7. The molecule has 1 saturated carbocycles. The van der Waals surface area contributed by atoms with Crippen LogP contribution in [0.4, 0.5) is 5.95 Å². The van der Waals surface area contributed by atoms with Gasteiger partial charge in [-0.2, -0.15) is 10.2 Å². The van der Waals surface area contributed by atoms with E-state index in [-0.39, 0.29) is 23.2 Å². The summed E-state index contributed by atoms with van der Waals surface area (Å²) in [4.78, 5) is 21.8. The molecule has 1 saturated heterocycles. The van der Waals surface area contributed by atoms with Crippen LogP contribution in [-0.2, 0) is 10.0 Å². The molecular formula is C19H24N6O3S. The molecule has 0 amide bonds. The molecule has 1 aliphatic carbocycles. The molecule has 2 aliphatic rings. The Morgan fingerprint density at radius 3 is 2.69 bits per heavy atom. The van der Waals surface area contributed by atoms with Crippen LogP contribution in [0.15, 0.2) is 17.1 Å². The second kappa shape index (κ2) is 7.72. The van der Waals surface area contributed by atoms with E-state index in [0.717, 1.165) is 38.5 Å². The maximum atomic E-state index is 12.8. The number of piperidine rings is 1. The fraction of sp³-hybridized carbons (Fsp3) is 0.579. The van der Waals surface area contributed by atoms with Gasteiger partial charge in [0.25, 0.3) is 5.56 Å². The fourth-order valence-electron chi connectivity index (χ4n) is 4.31. The zero-order valence-corrected chi connectivity index (χ0v) is 17.2. The van der Waals surface area contributed by atoms with Gasteiger partial charge in [-0.25, -0.2) is 17.7 Å².